The van der Waals surface area contributed by atoms with Crippen LogP contribution in [0.3, 0.4) is 0 Å². The third-order valence-corrected chi connectivity index (χ3v) is 1.27. The second-order valence-electron chi connectivity index (χ2n) is 2.28. The SMILES string of the molecule is C/C=C(\C(C)=NC(=N)N)C(F)(F)F. The molecule has 0 aromatic heterocycles. The second kappa shape index (κ2) is 4.06. The minimum atomic E-state index is -4.45. The van der Waals surface area contributed by atoms with Gasteiger partial charge in [0, 0.05) is 0 Å². The molecular formula is C7H10F3N3. The largest absolute Gasteiger partial charge is 0.417 e. The molecule has 0 bridgehead atoms. The molecule has 0 aliphatic carbocycles. The van der Waals surface area contributed by atoms with Crippen molar-refractivity contribution in [2.75, 3.05) is 0 Å². The van der Waals surface area contributed by atoms with Crippen molar-refractivity contribution in [3.05, 3.63) is 11.6 Å². The summed E-state index contributed by atoms with van der Waals surface area (Å²) in [4.78, 5) is 3.20. The summed E-state index contributed by atoms with van der Waals surface area (Å²) in [6.07, 6.45) is -3.56. The first-order chi connectivity index (χ1) is 5.79. The van der Waals surface area contributed by atoms with Gasteiger partial charge in [0.25, 0.3) is 0 Å². The van der Waals surface area contributed by atoms with E-state index in [0.717, 1.165) is 13.0 Å². The lowest BCUT2D eigenvalue weighted by Crippen LogP contribution is -2.20. The Morgan fingerprint density at radius 3 is 2.15 bits per heavy atom. The lowest BCUT2D eigenvalue weighted by molar-refractivity contribution is -0.0861. The van der Waals surface area contributed by atoms with Crippen LogP contribution < -0.4 is 5.73 Å². The molecule has 6 heteroatoms. The summed E-state index contributed by atoms with van der Waals surface area (Å²) in [6, 6.07) is 0. The summed E-state index contributed by atoms with van der Waals surface area (Å²) in [7, 11) is 0. The fourth-order valence-corrected chi connectivity index (χ4v) is 0.819. The number of rotatable bonds is 1. The first-order valence-corrected chi connectivity index (χ1v) is 3.42. The molecule has 0 aliphatic heterocycles. The summed E-state index contributed by atoms with van der Waals surface area (Å²) < 4.78 is 36.5. The van der Waals surface area contributed by atoms with Gasteiger partial charge in [-0.3, -0.25) is 5.41 Å². The van der Waals surface area contributed by atoms with Crippen LogP contribution >= 0.6 is 0 Å². The second-order valence-corrected chi connectivity index (χ2v) is 2.28. The zero-order valence-electron chi connectivity index (χ0n) is 7.24. The highest BCUT2D eigenvalue weighted by atomic mass is 19.4. The van der Waals surface area contributed by atoms with E-state index in [1.807, 2.05) is 0 Å². The number of guanidine groups is 1. The molecule has 0 fully saturated rings. The van der Waals surface area contributed by atoms with Crippen LogP contribution in [-0.2, 0) is 0 Å². The molecule has 74 valence electrons. The van der Waals surface area contributed by atoms with Crippen molar-refractivity contribution in [2.45, 2.75) is 20.0 Å². The van der Waals surface area contributed by atoms with Gasteiger partial charge >= 0.3 is 6.18 Å². The monoisotopic (exact) mass is 193 g/mol. The standard InChI is InChI=1S/C7H10F3N3/c1-3-5(7(8,9)10)4(2)13-6(11)12/h3H,1-2H3,(H3,11,12)/b5-3+,13-4?. The smallest absolute Gasteiger partial charge is 0.368 e. The highest BCUT2D eigenvalue weighted by Crippen LogP contribution is 2.26. The van der Waals surface area contributed by atoms with E-state index >= 15 is 0 Å². The number of hydrogen-bond donors (Lipinski definition) is 2. The Kier molecular flexibility index (Phi) is 3.65. The summed E-state index contributed by atoms with van der Waals surface area (Å²) in [5.74, 6) is -0.638. The average molecular weight is 193 g/mol. The van der Waals surface area contributed by atoms with Crippen molar-refractivity contribution >= 4 is 11.7 Å². The quantitative estimate of drug-likeness (QED) is 0.484. The van der Waals surface area contributed by atoms with E-state index in [1.54, 1.807) is 0 Å². The third-order valence-electron chi connectivity index (χ3n) is 1.27. The van der Waals surface area contributed by atoms with Crippen LogP contribution in [0.15, 0.2) is 16.6 Å². The number of alkyl halides is 3. The van der Waals surface area contributed by atoms with Crippen molar-refractivity contribution in [1.29, 1.82) is 5.41 Å². The fraction of sp³-hybridized carbons (Fsp3) is 0.429. The molecule has 0 atom stereocenters. The predicted molar refractivity (Wildman–Crippen MR) is 44.8 cm³/mol. The van der Waals surface area contributed by atoms with Crippen molar-refractivity contribution in [3.8, 4) is 0 Å². The molecular weight excluding hydrogens is 183 g/mol. The predicted octanol–water partition coefficient (Wildman–Crippen LogP) is 1.85. The van der Waals surface area contributed by atoms with Crippen LogP contribution in [0.25, 0.3) is 0 Å². The number of nitrogens with zero attached hydrogens (tertiary/aromatic N) is 1. The maximum absolute atomic E-state index is 12.2. The van der Waals surface area contributed by atoms with Crippen LogP contribution in [0.2, 0.25) is 0 Å². The minimum absolute atomic E-state index is 0.303. The maximum Gasteiger partial charge on any atom is 0.417 e. The van der Waals surface area contributed by atoms with E-state index in [9.17, 15) is 13.2 Å². The van der Waals surface area contributed by atoms with Crippen LogP contribution in [0.1, 0.15) is 13.8 Å². The molecule has 0 amide bonds. The van der Waals surface area contributed by atoms with Crippen molar-refractivity contribution < 1.29 is 13.2 Å². The van der Waals surface area contributed by atoms with Crippen LogP contribution in [0, 0.1) is 5.41 Å². The van der Waals surface area contributed by atoms with Crippen LogP contribution in [-0.4, -0.2) is 17.8 Å². The van der Waals surface area contributed by atoms with E-state index in [1.165, 1.54) is 6.92 Å². The summed E-state index contributed by atoms with van der Waals surface area (Å²) >= 11 is 0. The number of nitrogens with two attached hydrogens (primary N) is 1. The van der Waals surface area contributed by atoms with E-state index < -0.39 is 17.7 Å². The number of allylic oxidation sites excluding steroid dienone is 2. The van der Waals surface area contributed by atoms with Gasteiger partial charge in [-0.1, -0.05) is 6.08 Å². The van der Waals surface area contributed by atoms with E-state index in [2.05, 4.69) is 4.99 Å². The molecule has 0 rings (SSSR count). The molecule has 0 aromatic carbocycles. The zero-order chi connectivity index (χ0) is 10.6. The van der Waals surface area contributed by atoms with Crippen molar-refractivity contribution in [2.24, 2.45) is 10.7 Å². The van der Waals surface area contributed by atoms with Gasteiger partial charge in [0.1, 0.15) is 0 Å². The molecule has 0 radical (unpaired) electrons. The van der Waals surface area contributed by atoms with Crippen molar-refractivity contribution in [1.82, 2.24) is 0 Å². The van der Waals surface area contributed by atoms with Gasteiger partial charge in [0.15, 0.2) is 0 Å². The van der Waals surface area contributed by atoms with Crippen molar-refractivity contribution in [3.63, 3.8) is 0 Å². The molecule has 0 aromatic rings. The average Bonchev–Trinajstić information content (AvgIpc) is 1.82. The van der Waals surface area contributed by atoms with Gasteiger partial charge in [-0.25, -0.2) is 4.99 Å². The lowest BCUT2D eigenvalue weighted by atomic mass is 10.1. The van der Waals surface area contributed by atoms with E-state index in [-0.39, 0.29) is 5.71 Å². The topological polar surface area (TPSA) is 62.2 Å². The van der Waals surface area contributed by atoms with Gasteiger partial charge in [0.2, 0.25) is 5.96 Å². The number of halogens is 3. The molecule has 3 nitrogen and oxygen atoms in total. The Balaban J connectivity index is 4.94. The molecule has 3 N–H and O–H groups in total. The van der Waals surface area contributed by atoms with Gasteiger partial charge < -0.3 is 5.73 Å². The van der Waals surface area contributed by atoms with Gasteiger partial charge in [0.05, 0.1) is 11.3 Å². The Morgan fingerprint density at radius 2 is 1.92 bits per heavy atom. The van der Waals surface area contributed by atoms with Gasteiger partial charge in [-0.2, -0.15) is 13.2 Å². The summed E-state index contributed by atoms with van der Waals surface area (Å²) in [6.45, 7) is 2.41. The van der Waals surface area contributed by atoms with Crippen LogP contribution in [0.4, 0.5) is 13.2 Å². The molecule has 0 saturated heterocycles. The summed E-state index contributed by atoms with van der Waals surface area (Å²) in [5.41, 5.74) is 3.65. The van der Waals surface area contributed by atoms with Gasteiger partial charge in [-0.05, 0) is 13.8 Å². The molecule has 0 aliphatic rings. The van der Waals surface area contributed by atoms with Gasteiger partial charge in [-0.15, -0.1) is 0 Å². The molecule has 13 heavy (non-hydrogen) atoms. The minimum Gasteiger partial charge on any atom is -0.368 e. The Labute approximate surface area is 73.7 Å². The van der Waals surface area contributed by atoms with E-state index in [4.69, 9.17) is 11.1 Å². The van der Waals surface area contributed by atoms with Crippen LogP contribution in [0.5, 0.6) is 0 Å². The number of aliphatic imine (C=N–C) groups is 1. The molecule has 0 spiro atoms. The first-order valence-electron chi connectivity index (χ1n) is 3.42. The Morgan fingerprint density at radius 1 is 1.46 bits per heavy atom. The molecule has 0 unspecified atom stereocenters. The normalized spacial score (nSPS) is 14.5. The Bertz CT molecular complexity index is 263. The molecule has 0 heterocycles. The third kappa shape index (κ3) is 3.73. The lowest BCUT2D eigenvalue weighted by Gasteiger charge is -2.09. The van der Waals surface area contributed by atoms with E-state index in [0.29, 0.717) is 0 Å². The molecule has 0 saturated carbocycles. The highest BCUT2D eigenvalue weighted by molar-refractivity contribution is 6.05. The Hall–Kier alpha value is -1.33. The highest BCUT2D eigenvalue weighted by Gasteiger charge is 2.34. The summed E-state index contributed by atoms with van der Waals surface area (Å²) in [5, 5.41) is 6.69. The fourth-order valence-electron chi connectivity index (χ4n) is 0.819. The number of hydrogen-bond acceptors (Lipinski definition) is 1. The maximum atomic E-state index is 12.2. The number of nitrogens with one attached hydrogen (secondary N) is 1. The zero-order valence-corrected chi connectivity index (χ0v) is 7.24. The first kappa shape index (κ1) is 11.7.